The molecule has 0 fully saturated rings. The Morgan fingerprint density at radius 3 is 2.38 bits per heavy atom. The van der Waals surface area contributed by atoms with Crippen LogP contribution >= 0.6 is 11.6 Å². The highest BCUT2D eigenvalue weighted by Gasteiger charge is 2.33. The molecule has 2 aromatic rings. The van der Waals surface area contributed by atoms with Crippen LogP contribution in [0.2, 0.25) is 5.02 Å². The zero-order valence-corrected chi connectivity index (χ0v) is 17.8. The number of benzene rings is 2. The lowest BCUT2D eigenvalue weighted by Gasteiger charge is -2.22. The smallest absolute Gasteiger partial charge is 0.253 e. The predicted octanol–water partition coefficient (Wildman–Crippen LogP) is 5.43. The van der Waals surface area contributed by atoms with Crippen molar-refractivity contribution in [2.75, 3.05) is 18.4 Å². The van der Waals surface area contributed by atoms with Gasteiger partial charge in [0.05, 0.1) is 5.69 Å². The van der Waals surface area contributed by atoms with Gasteiger partial charge >= 0.3 is 0 Å². The molecule has 0 saturated carbocycles. The van der Waals surface area contributed by atoms with E-state index in [0.29, 0.717) is 16.3 Å². The zero-order valence-electron chi connectivity index (χ0n) is 17.0. The lowest BCUT2D eigenvalue weighted by atomic mass is 9.94. The lowest BCUT2D eigenvalue weighted by Crippen LogP contribution is -2.32. The summed E-state index contributed by atoms with van der Waals surface area (Å²) in [6.45, 7) is 7.41. The molecule has 1 N–H and O–H groups in total. The molecule has 0 radical (unpaired) electrons. The first kappa shape index (κ1) is 21.1. The number of fused-ring (bicyclic) bond motifs is 1. The first-order valence-corrected chi connectivity index (χ1v) is 10.4. The van der Waals surface area contributed by atoms with Gasteiger partial charge < -0.3 is 10.2 Å². The van der Waals surface area contributed by atoms with Crippen LogP contribution < -0.4 is 5.32 Å². The largest absolute Gasteiger partial charge is 0.339 e. The van der Waals surface area contributed by atoms with Gasteiger partial charge in [-0.2, -0.15) is 0 Å². The standard InChI is InChI=1S/C23H26ClN3O2/c1-4-12-27(13-5-2)23(29)16-6-11-20-19(14-16)21(22(28)26-20)15(3)25-18-9-7-17(24)8-10-18/h6-11,14,21H,4-5,12-13H2,1-3H3,(H,26,28). The molecule has 5 nitrogen and oxygen atoms in total. The number of nitrogens with one attached hydrogen (secondary N) is 1. The zero-order chi connectivity index (χ0) is 21.0. The number of halogens is 1. The molecule has 0 aliphatic carbocycles. The third-order valence-corrected chi connectivity index (χ3v) is 5.21. The average molecular weight is 412 g/mol. The SMILES string of the molecule is CCCN(CCC)C(=O)c1ccc2c(c1)C(C(C)=Nc1ccc(Cl)cc1)C(=O)N2. The molecule has 0 bridgehead atoms. The fourth-order valence-electron chi connectivity index (χ4n) is 3.63. The molecule has 2 aromatic carbocycles. The monoisotopic (exact) mass is 411 g/mol. The highest BCUT2D eigenvalue weighted by Crippen LogP contribution is 2.35. The van der Waals surface area contributed by atoms with Gasteiger partial charge in [-0.25, -0.2) is 0 Å². The van der Waals surface area contributed by atoms with E-state index in [2.05, 4.69) is 24.2 Å². The van der Waals surface area contributed by atoms with Crippen LogP contribution in [0, 0.1) is 0 Å². The van der Waals surface area contributed by atoms with E-state index in [0.717, 1.165) is 42.9 Å². The van der Waals surface area contributed by atoms with Gasteiger partial charge in [0.1, 0.15) is 5.92 Å². The van der Waals surface area contributed by atoms with Crippen LogP contribution in [-0.4, -0.2) is 35.5 Å². The van der Waals surface area contributed by atoms with Crippen molar-refractivity contribution in [3.05, 3.63) is 58.6 Å². The van der Waals surface area contributed by atoms with Crippen molar-refractivity contribution in [1.82, 2.24) is 4.90 Å². The van der Waals surface area contributed by atoms with Crippen molar-refractivity contribution in [2.45, 2.75) is 39.5 Å². The lowest BCUT2D eigenvalue weighted by molar-refractivity contribution is -0.115. The molecular weight excluding hydrogens is 386 g/mol. The molecule has 1 heterocycles. The van der Waals surface area contributed by atoms with E-state index in [-0.39, 0.29) is 11.8 Å². The fraction of sp³-hybridized carbons (Fsp3) is 0.348. The molecule has 0 spiro atoms. The molecule has 0 saturated heterocycles. The van der Waals surface area contributed by atoms with Crippen molar-refractivity contribution >= 4 is 40.5 Å². The van der Waals surface area contributed by atoms with E-state index >= 15 is 0 Å². The number of hydrogen-bond donors (Lipinski definition) is 1. The number of carbonyl (C=O) groups is 2. The Morgan fingerprint density at radius 2 is 1.76 bits per heavy atom. The maximum absolute atomic E-state index is 13.0. The molecule has 6 heteroatoms. The van der Waals surface area contributed by atoms with E-state index in [1.807, 2.05) is 36.1 Å². The van der Waals surface area contributed by atoms with Crippen LogP contribution in [0.3, 0.4) is 0 Å². The first-order chi connectivity index (χ1) is 13.9. The number of carbonyl (C=O) groups excluding carboxylic acids is 2. The molecule has 152 valence electrons. The van der Waals surface area contributed by atoms with Gasteiger partial charge in [-0.15, -0.1) is 0 Å². The van der Waals surface area contributed by atoms with Crippen LogP contribution in [0.25, 0.3) is 0 Å². The molecule has 0 aromatic heterocycles. The topological polar surface area (TPSA) is 61.8 Å². The average Bonchev–Trinajstić information content (AvgIpc) is 3.04. The number of rotatable bonds is 7. The summed E-state index contributed by atoms with van der Waals surface area (Å²) in [6.07, 6.45) is 1.82. The predicted molar refractivity (Wildman–Crippen MR) is 119 cm³/mol. The Kier molecular flexibility index (Phi) is 6.70. The molecular formula is C23H26ClN3O2. The van der Waals surface area contributed by atoms with Crippen molar-refractivity contribution in [1.29, 1.82) is 0 Å². The third-order valence-electron chi connectivity index (χ3n) is 4.95. The Labute approximate surface area is 176 Å². The summed E-state index contributed by atoms with van der Waals surface area (Å²) in [6, 6.07) is 12.6. The second kappa shape index (κ2) is 9.23. The Morgan fingerprint density at radius 1 is 1.10 bits per heavy atom. The van der Waals surface area contributed by atoms with Gasteiger partial charge in [0.2, 0.25) is 5.91 Å². The van der Waals surface area contributed by atoms with Gasteiger partial charge in [0, 0.05) is 35.1 Å². The highest BCUT2D eigenvalue weighted by atomic mass is 35.5. The van der Waals surface area contributed by atoms with E-state index in [4.69, 9.17) is 11.6 Å². The molecule has 1 aliphatic rings. The van der Waals surface area contributed by atoms with Gasteiger partial charge in [0.25, 0.3) is 5.91 Å². The minimum absolute atomic E-state index is 0.00175. The molecule has 29 heavy (non-hydrogen) atoms. The summed E-state index contributed by atoms with van der Waals surface area (Å²) in [7, 11) is 0. The summed E-state index contributed by atoms with van der Waals surface area (Å²) < 4.78 is 0. The Balaban J connectivity index is 1.92. The molecule has 3 rings (SSSR count). The number of anilines is 1. The molecule has 1 aliphatic heterocycles. The summed E-state index contributed by atoms with van der Waals surface area (Å²) in [5.74, 6) is -0.639. The van der Waals surface area contributed by atoms with Crippen LogP contribution in [-0.2, 0) is 4.79 Å². The summed E-state index contributed by atoms with van der Waals surface area (Å²) >= 11 is 5.93. The fourth-order valence-corrected chi connectivity index (χ4v) is 3.76. The van der Waals surface area contributed by atoms with E-state index in [1.54, 1.807) is 18.2 Å². The van der Waals surface area contributed by atoms with Crippen molar-refractivity contribution in [3.63, 3.8) is 0 Å². The van der Waals surface area contributed by atoms with Crippen molar-refractivity contribution < 1.29 is 9.59 Å². The molecule has 1 unspecified atom stereocenters. The number of aliphatic imine (C=N–C) groups is 1. The van der Waals surface area contributed by atoms with E-state index < -0.39 is 5.92 Å². The quantitative estimate of drug-likeness (QED) is 0.617. The molecule has 1 atom stereocenters. The minimum atomic E-state index is -0.515. The van der Waals surface area contributed by atoms with Gasteiger partial charge in [0.15, 0.2) is 0 Å². The maximum atomic E-state index is 13.0. The summed E-state index contributed by atoms with van der Waals surface area (Å²) in [5.41, 5.74) is 3.54. The summed E-state index contributed by atoms with van der Waals surface area (Å²) in [4.78, 5) is 32.1. The normalized spacial score (nSPS) is 15.8. The van der Waals surface area contributed by atoms with Crippen LogP contribution in [0.5, 0.6) is 0 Å². The second-order valence-electron chi connectivity index (χ2n) is 7.25. The van der Waals surface area contributed by atoms with Crippen molar-refractivity contribution in [2.24, 2.45) is 4.99 Å². The van der Waals surface area contributed by atoms with E-state index in [9.17, 15) is 9.59 Å². The van der Waals surface area contributed by atoms with Crippen LogP contribution in [0.1, 0.15) is 55.5 Å². The number of amides is 2. The highest BCUT2D eigenvalue weighted by molar-refractivity contribution is 6.30. The van der Waals surface area contributed by atoms with E-state index in [1.165, 1.54) is 0 Å². The van der Waals surface area contributed by atoms with Crippen LogP contribution in [0.4, 0.5) is 11.4 Å². The van der Waals surface area contributed by atoms with Crippen molar-refractivity contribution in [3.8, 4) is 0 Å². The van der Waals surface area contributed by atoms with Crippen LogP contribution in [0.15, 0.2) is 47.5 Å². The Hall–Kier alpha value is -2.66. The van der Waals surface area contributed by atoms with Gasteiger partial charge in [-0.1, -0.05) is 25.4 Å². The first-order valence-electron chi connectivity index (χ1n) is 9.99. The van der Waals surface area contributed by atoms with Gasteiger partial charge in [-0.05, 0) is 67.8 Å². The molecule has 2 amide bonds. The summed E-state index contributed by atoms with van der Waals surface area (Å²) in [5, 5.41) is 3.54. The Bertz CT molecular complexity index is 932. The second-order valence-corrected chi connectivity index (χ2v) is 7.68. The maximum Gasteiger partial charge on any atom is 0.253 e. The number of hydrogen-bond acceptors (Lipinski definition) is 3. The van der Waals surface area contributed by atoms with Gasteiger partial charge in [-0.3, -0.25) is 14.6 Å². The minimum Gasteiger partial charge on any atom is -0.339 e. The third kappa shape index (κ3) is 4.67. The number of nitrogens with zero attached hydrogens (tertiary/aromatic N) is 2.